The van der Waals surface area contributed by atoms with Crippen molar-refractivity contribution in [2.45, 2.75) is 48.0 Å². The third kappa shape index (κ3) is 8.13. The summed E-state index contributed by atoms with van der Waals surface area (Å²) in [7, 11) is 3.64. The van der Waals surface area contributed by atoms with Gasteiger partial charge in [0.15, 0.2) is 0 Å². The molecule has 0 saturated carbocycles. The van der Waals surface area contributed by atoms with E-state index in [-0.39, 0.29) is 0 Å². The summed E-state index contributed by atoms with van der Waals surface area (Å²) in [5, 5.41) is 0. The number of hydrogen-bond acceptors (Lipinski definition) is 2. The summed E-state index contributed by atoms with van der Waals surface area (Å²) in [5.74, 6) is 0. The van der Waals surface area contributed by atoms with Crippen molar-refractivity contribution in [3.05, 3.63) is 29.8 Å². The Bertz CT molecular complexity index is 247. The first-order chi connectivity index (χ1) is 8.88. The molecule has 1 aliphatic rings. The summed E-state index contributed by atoms with van der Waals surface area (Å²) in [4.78, 5) is 2.30. The van der Waals surface area contributed by atoms with Crippen molar-refractivity contribution in [3.8, 4) is 0 Å². The highest BCUT2D eigenvalue weighted by Gasteiger charge is 2.12. The molecule has 0 amide bonds. The van der Waals surface area contributed by atoms with E-state index < -0.39 is 0 Å². The molecule has 0 bridgehead atoms. The Hall–Kier alpha value is -1.02. The van der Waals surface area contributed by atoms with Crippen LogP contribution in [-0.4, -0.2) is 20.6 Å². The number of para-hydroxylation sites is 1. The summed E-state index contributed by atoms with van der Waals surface area (Å²) in [6.07, 6.45) is 1.21. The van der Waals surface area contributed by atoms with Crippen molar-refractivity contribution < 1.29 is 0 Å². The minimum absolute atomic E-state index is 1.18. The molecule has 0 spiro atoms. The Morgan fingerprint density at radius 2 is 1.33 bits per heavy atom. The van der Waals surface area contributed by atoms with E-state index >= 15 is 0 Å². The highest BCUT2D eigenvalue weighted by atomic mass is 15.1. The van der Waals surface area contributed by atoms with Gasteiger partial charge in [-0.15, -0.1) is 0 Å². The molecule has 1 heterocycles. The number of likely N-dealkylation sites (N-methyl/N-ethyl adjacent to an activating group) is 1. The van der Waals surface area contributed by atoms with Crippen molar-refractivity contribution in [3.63, 3.8) is 0 Å². The molecule has 2 rings (SSSR count). The first kappa shape index (κ1) is 22.2. The molecular formula is C16H34N2. The maximum atomic E-state index is 4.50. The van der Waals surface area contributed by atoms with E-state index in [0.29, 0.717) is 0 Å². The van der Waals surface area contributed by atoms with Crippen LogP contribution in [-0.2, 0) is 6.42 Å². The SMILES string of the molecule is CC.CC.CC.CN.CN1CCc2ccccc21. The maximum Gasteiger partial charge on any atom is 0.0396 e. The lowest BCUT2D eigenvalue weighted by Gasteiger charge is -2.10. The third-order valence-electron chi connectivity index (χ3n) is 2.12. The van der Waals surface area contributed by atoms with Gasteiger partial charge in [-0.25, -0.2) is 0 Å². The van der Waals surface area contributed by atoms with Crippen molar-refractivity contribution in [1.82, 2.24) is 0 Å². The molecule has 0 radical (unpaired) electrons. The lowest BCUT2D eigenvalue weighted by molar-refractivity contribution is 0.956. The molecule has 0 aliphatic carbocycles. The molecule has 1 aromatic carbocycles. The molecule has 2 N–H and O–H groups in total. The number of hydrogen-bond donors (Lipinski definition) is 1. The largest absolute Gasteiger partial charge is 0.374 e. The third-order valence-corrected chi connectivity index (χ3v) is 2.12. The highest BCUT2D eigenvalue weighted by molar-refractivity contribution is 5.56. The van der Waals surface area contributed by atoms with E-state index in [1.165, 1.54) is 31.3 Å². The van der Waals surface area contributed by atoms with Gasteiger partial charge < -0.3 is 10.6 Å². The average Bonchev–Trinajstić information content (AvgIpc) is 2.90. The Morgan fingerprint density at radius 3 is 1.78 bits per heavy atom. The van der Waals surface area contributed by atoms with Gasteiger partial charge in [-0.05, 0) is 25.1 Å². The van der Waals surface area contributed by atoms with Gasteiger partial charge in [-0.3, -0.25) is 0 Å². The molecule has 18 heavy (non-hydrogen) atoms. The fraction of sp³-hybridized carbons (Fsp3) is 0.625. The van der Waals surface area contributed by atoms with Crippen molar-refractivity contribution in [2.75, 3.05) is 25.5 Å². The second kappa shape index (κ2) is 18.3. The number of rotatable bonds is 0. The quantitative estimate of drug-likeness (QED) is 0.746. The van der Waals surface area contributed by atoms with Gasteiger partial charge in [0.2, 0.25) is 0 Å². The van der Waals surface area contributed by atoms with Crippen molar-refractivity contribution in [2.24, 2.45) is 5.73 Å². The van der Waals surface area contributed by atoms with E-state index in [1.54, 1.807) is 0 Å². The zero-order valence-corrected chi connectivity index (χ0v) is 13.7. The van der Waals surface area contributed by atoms with Crippen LogP contribution in [0.15, 0.2) is 24.3 Å². The highest BCUT2D eigenvalue weighted by Crippen LogP contribution is 2.25. The Labute approximate surface area is 115 Å². The van der Waals surface area contributed by atoms with Gasteiger partial charge in [-0.1, -0.05) is 59.7 Å². The molecular weight excluding hydrogens is 220 g/mol. The van der Waals surface area contributed by atoms with Crippen LogP contribution in [0.2, 0.25) is 0 Å². The van der Waals surface area contributed by atoms with Crippen molar-refractivity contribution >= 4 is 5.69 Å². The van der Waals surface area contributed by atoms with Gasteiger partial charge in [0.25, 0.3) is 0 Å². The summed E-state index contributed by atoms with van der Waals surface area (Å²) >= 11 is 0. The fourth-order valence-electron chi connectivity index (χ4n) is 1.50. The minimum atomic E-state index is 1.18. The molecule has 0 unspecified atom stereocenters. The molecule has 0 atom stereocenters. The second-order valence-electron chi connectivity index (χ2n) is 2.80. The van der Waals surface area contributed by atoms with E-state index in [0.717, 1.165) is 0 Å². The van der Waals surface area contributed by atoms with Crippen LogP contribution in [0.1, 0.15) is 47.1 Å². The Morgan fingerprint density at radius 1 is 0.889 bits per heavy atom. The van der Waals surface area contributed by atoms with E-state index in [2.05, 4.69) is 41.9 Å². The van der Waals surface area contributed by atoms with Gasteiger partial charge in [0, 0.05) is 19.3 Å². The van der Waals surface area contributed by atoms with Crippen LogP contribution in [0.5, 0.6) is 0 Å². The predicted molar refractivity (Wildman–Crippen MR) is 87.6 cm³/mol. The molecule has 2 heteroatoms. The number of nitrogens with zero attached hydrogens (tertiary/aromatic N) is 1. The van der Waals surface area contributed by atoms with Gasteiger partial charge in [0.05, 0.1) is 0 Å². The zero-order chi connectivity index (χ0) is 15.0. The number of anilines is 1. The predicted octanol–water partition coefficient (Wildman–Crippen LogP) is 4.33. The van der Waals surface area contributed by atoms with E-state index in [1.807, 2.05) is 41.5 Å². The molecule has 2 nitrogen and oxygen atoms in total. The smallest absolute Gasteiger partial charge is 0.0396 e. The minimum Gasteiger partial charge on any atom is -0.374 e. The van der Waals surface area contributed by atoms with Crippen LogP contribution in [0.3, 0.4) is 0 Å². The lowest BCUT2D eigenvalue weighted by Crippen LogP contribution is -2.12. The maximum absolute atomic E-state index is 4.50. The van der Waals surface area contributed by atoms with Gasteiger partial charge >= 0.3 is 0 Å². The van der Waals surface area contributed by atoms with Crippen LogP contribution in [0, 0.1) is 0 Å². The molecule has 1 aromatic rings. The molecule has 108 valence electrons. The monoisotopic (exact) mass is 254 g/mol. The van der Waals surface area contributed by atoms with Crippen LogP contribution in [0.4, 0.5) is 5.69 Å². The molecule has 0 saturated heterocycles. The van der Waals surface area contributed by atoms with Crippen LogP contribution in [0.25, 0.3) is 0 Å². The first-order valence-electron chi connectivity index (χ1n) is 7.25. The average molecular weight is 254 g/mol. The van der Waals surface area contributed by atoms with Gasteiger partial charge in [0.1, 0.15) is 0 Å². The lowest BCUT2D eigenvalue weighted by atomic mass is 10.2. The summed E-state index contributed by atoms with van der Waals surface area (Å²) in [6.45, 7) is 13.2. The first-order valence-corrected chi connectivity index (χ1v) is 7.25. The summed E-state index contributed by atoms with van der Waals surface area (Å²) in [5.41, 5.74) is 7.40. The summed E-state index contributed by atoms with van der Waals surface area (Å²) < 4.78 is 0. The number of nitrogens with two attached hydrogens (primary N) is 1. The fourth-order valence-corrected chi connectivity index (χ4v) is 1.50. The Balaban J connectivity index is -0.000000244. The molecule has 0 aromatic heterocycles. The standard InChI is InChI=1S/C9H11N.3C2H6.CH5N/c1-10-7-6-8-4-2-3-5-9(8)10;4*1-2/h2-5H,6-7H2,1H3;3*1-2H3;2H2,1H3. The van der Waals surface area contributed by atoms with Crippen molar-refractivity contribution in [1.29, 1.82) is 0 Å². The topological polar surface area (TPSA) is 29.3 Å². The zero-order valence-electron chi connectivity index (χ0n) is 13.7. The van der Waals surface area contributed by atoms with Crippen LogP contribution >= 0.6 is 0 Å². The number of benzene rings is 1. The van der Waals surface area contributed by atoms with E-state index in [4.69, 9.17) is 0 Å². The molecule has 0 fully saturated rings. The number of fused-ring (bicyclic) bond motifs is 1. The van der Waals surface area contributed by atoms with E-state index in [9.17, 15) is 0 Å². The normalized spacial score (nSPS) is 9.94. The Kier molecular flexibility index (Phi) is 22.6. The summed E-state index contributed by atoms with van der Waals surface area (Å²) in [6, 6.07) is 8.60. The van der Waals surface area contributed by atoms with Crippen LogP contribution < -0.4 is 10.6 Å². The second-order valence-corrected chi connectivity index (χ2v) is 2.80. The molecule has 1 aliphatic heterocycles. The van der Waals surface area contributed by atoms with Gasteiger partial charge in [-0.2, -0.15) is 0 Å².